The molecule has 0 atom stereocenters. The van der Waals surface area contributed by atoms with Gasteiger partial charge < -0.3 is 35.1 Å². The van der Waals surface area contributed by atoms with Gasteiger partial charge in [-0.1, -0.05) is 72.8 Å². The van der Waals surface area contributed by atoms with Gasteiger partial charge in [-0.2, -0.15) is 22.0 Å². The molecule has 0 aromatic heterocycles. The summed E-state index contributed by atoms with van der Waals surface area (Å²) in [7, 11) is -22.8. The molecule has 1 aliphatic heterocycles. The summed E-state index contributed by atoms with van der Waals surface area (Å²) in [6, 6.07) is 48.1. The van der Waals surface area contributed by atoms with Crippen molar-refractivity contribution in [2.75, 3.05) is 63.1 Å². The SMILES string of the molecule is CC#N.CC#N.F[P-](F)(F)(F)(F)F.F[P-](F)(F)(F)(F)F.[Ni+2].[Pd+2].[S-]CCN1CCCN(CC[S-])CC1.c1ccc([PH+](CCC[PH+](c2ccccc2)c2ccccc2)c2ccccc2)cc1. The Bertz CT molecular complexity index is 1650. The van der Waals surface area contributed by atoms with Crippen LogP contribution < -0.4 is 21.2 Å². The number of hydrogen-bond acceptors (Lipinski definition) is 6. The zero-order chi connectivity index (χ0) is 47.5. The molecule has 0 radical (unpaired) electrons. The molecule has 24 heteroatoms. The van der Waals surface area contributed by atoms with Crippen molar-refractivity contribution in [3.8, 4) is 12.1 Å². The van der Waals surface area contributed by atoms with E-state index in [1.54, 1.807) is 12.1 Å². The summed E-state index contributed by atoms with van der Waals surface area (Å²) in [6.07, 6.45) is 5.11. The summed E-state index contributed by atoms with van der Waals surface area (Å²) in [5.74, 6) is 1.72. The van der Waals surface area contributed by atoms with E-state index in [4.69, 9.17) is 35.8 Å². The summed E-state index contributed by atoms with van der Waals surface area (Å²) < 4.78 is 118. The molecule has 0 spiro atoms. The van der Waals surface area contributed by atoms with Gasteiger partial charge in [0.25, 0.3) is 0 Å². The molecule has 0 amide bonds. The molecule has 1 heterocycles. The van der Waals surface area contributed by atoms with E-state index in [1.165, 1.54) is 86.4 Å². The second kappa shape index (κ2) is 30.1. The van der Waals surface area contributed by atoms with E-state index in [0.29, 0.717) is 0 Å². The van der Waals surface area contributed by atoms with E-state index >= 15 is 0 Å². The Balaban J connectivity index is -0.000000882. The minimum Gasteiger partial charge on any atom is -0.791 e. The zero-order valence-electron chi connectivity index (χ0n) is 34.7. The number of benzene rings is 4. The van der Waals surface area contributed by atoms with Crippen molar-refractivity contribution in [2.24, 2.45) is 0 Å². The van der Waals surface area contributed by atoms with Gasteiger partial charge in [-0.25, -0.2) is 0 Å². The third-order valence-electron chi connectivity index (χ3n) is 7.84. The van der Waals surface area contributed by atoms with Gasteiger partial charge in [-0.3, -0.25) is 0 Å². The molecule has 0 aliphatic carbocycles. The molecule has 366 valence electrons. The van der Waals surface area contributed by atoms with Crippen LogP contribution in [0, 0.1) is 22.7 Å². The first kappa shape index (κ1) is 66.8. The van der Waals surface area contributed by atoms with Gasteiger partial charge in [0.05, 0.1) is 61.5 Å². The van der Waals surface area contributed by atoms with Gasteiger partial charge in [0, 0.05) is 33.4 Å². The maximum atomic E-state index is 9.87. The molecule has 0 bridgehead atoms. The van der Waals surface area contributed by atoms with E-state index in [0.717, 1.165) is 24.6 Å². The molecule has 64 heavy (non-hydrogen) atoms. The zero-order valence-corrected chi connectivity index (χ0v) is 42.7. The van der Waals surface area contributed by atoms with Gasteiger partial charge in [0.1, 0.15) is 0 Å². The third-order valence-corrected chi connectivity index (χ3v) is 14.0. The summed E-state index contributed by atoms with van der Waals surface area (Å²) in [5.41, 5.74) is 0. The molecule has 0 saturated carbocycles. The molecule has 4 nitrogen and oxygen atoms in total. The van der Waals surface area contributed by atoms with Crippen molar-refractivity contribution < 1.29 is 87.3 Å². The van der Waals surface area contributed by atoms with Crippen LogP contribution in [0.4, 0.5) is 50.4 Å². The fourth-order valence-electron chi connectivity index (χ4n) is 5.64. The number of rotatable bonds is 12. The fourth-order valence-corrected chi connectivity index (χ4v) is 11.8. The average Bonchev–Trinajstić information content (AvgIpc) is 3.40. The molecule has 4 aromatic rings. The Morgan fingerprint density at radius 3 is 0.875 bits per heavy atom. The number of hydrogen-bond donors (Lipinski definition) is 0. The maximum Gasteiger partial charge on any atom is 2.00 e. The van der Waals surface area contributed by atoms with Crippen molar-refractivity contribution in [3.05, 3.63) is 121 Å². The number of nitriles is 2. The van der Waals surface area contributed by atoms with Crippen molar-refractivity contribution in [1.82, 2.24) is 9.80 Å². The molecule has 1 aliphatic rings. The Kier molecular flexibility index (Phi) is 31.4. The monoisotopic (exact) mass is 1170 g/mol. The Morgan fingerprint density at radius 1 is 0.484 bits per heavy atom. The van der Waals surface area contributed by atoms with E-state index in [1.807, 2.05) is 0 Å². The first-order valence-electron chi connectivity index (χ1n) is 18.8. The third kappa shape index (κ3) is 44.4. The summed E-state index contributed by atoms with van der Waals surface area (Å²) in [4.78, 5) is 4.94. The Morgan fingerprint density at radius 2 is 0.688 bits per heavy atom. The predicted molar refractivity (Wildman–Crippen MR) is 247 cm³/mol. The van der Waals surface area contributed by atoms with Crippen LogP contribution in [0.1, 0.15) is 26.7 Å². The second-order valence-corrected chi connectivity index (χ2v) is 23.0. The second-order valence-electron chi connectivity index (χ2n) is 13.1. The van der Waals surface area contributed by atoms with Gasteiger partial charge in [-0.05, 0) is 81.1 Å². The van der Waals surface area contributed by atoms with Crippen LogP contribution in [0.3, 0.4) is 0 Å². The molecule has 1 fully saturated rings. The van der Waals surface area contributed by atoms with Gasteiger partial charge in [-0.15, -0.1) is 0 Å². The standard InChI is InChI=1S/C27H26P2.C9H20N2S2.2C2H3N.2F6P.Ni.Pd/c1-5-14-24(15-6-1)28(25-16-7-2-8-17-25)22-13-23-29(26-18-9-3-10-19-26)27-20-11-4-12-21-27;12-8-6-10-2-1-3-11(5-4-10)7-9-13;2*1-2-3;2*1-7(2,3,4,5)6;;/h1-12,14-21H,13,22-23H2;12-13H,1-9H2;2*1H3;;;;/q;;;;2*-1;2*+2. The quantitative estimate of drug-likeness (QED) is 0.0610. The van der Waals surface area contributed by atoms with Gasteiger partial charge in [0.2, 0.25) is 0 Å². The predicted octanol–water partition coefficient (Wildman–Crippen LogP) is 13.0. The van der Waals surface area contributed by atoms with Crippen LogP contribution in [0.25, 0.3) is 0 Å². The molecule has 0 unspecified atom stereocenters. The molecule has 4 aromatic carbocycles. The largest absolute Gasteiger partial charge is 2.00 e. The molecule has 5 rings (SSSR count). The van der Waals surface area contributed by atoms with Crippen molar-refractivity contribution >= 4 is 77.9 Å². The number of nitrogens with zero attached hydrogens (tertiary/aromatic N) is 4. The fraction of sp³-hybridized carbons (Fsp3) is 0.350. The Hall–Kier alpha value is -1.48. The summed E-state index contributed by atoms with van der Waals surface area (Å²) in [6.45, 7) is 9.79. The summed E-state index contributed by atoms with van der Waals surface area (Å²) >= 11 is 9.97. The van der Waals surface area contributed by atoms with E-state index in [2.05, 4.69) is 131 Å². The van der Waals surface area contributed by atoms with Crippen LogP contribution in [0.15, 0.2) is 121 Å². The minimum absolute atomic E-state index is 0. The first-order chi connectivity index (χ1) is 28.5. The first-order valence-corrected chi connectivity index (χ1v) is 27.4. The van der Waals surface area contributed by atoms with E-state index in [-0.39, 0.29) is 36.9 Å². The van der Waals surface area contributed by atoms with Crippen LogP contribution in [-0.4, -0.2) is 72.9 Å². The molecular formula is C40H52F12N4NiP4PdS2+2. The smallest absolute Gasteiger partial charge is 0.791 e. The maximum absolute atomic E-state index is 10.7. The van der Waals surface area contributed by atoms with Gasteiger partial charge in [0.15, 0.2) is 0 Å². The normalized spacial score (nSPS) is 14.8. The van der Waals surface area contributed by atoms with Crippen LogP contribution in [0.5, 0.6) is 0 Å². The van der Waals surface area contributed by atoms with Crippen LogP contribution in [-0.2, 0) is 62.2 Å². The van der Waals surface area contributed by atoms with Crippen LogP contribution >= 0.6 is 31.5 Å². The average molecular weight is 1170 g/mol. The van der Waals surface area contributed by atoms with Crippen molar-refractivity contribution in [2.45, 2.75) is 26.7 Å². The molecule has 0 N–H and O–H groups in total. The van der Waals surface area contributed by atoms with Crippen molar-refractivity contribution in [3.63, 3.8) is 0 Å². The van der Waals surface area contributed by atoms with Crippen molar-refractivity contribution in [1.29, 1.82) is 10.5 Å². The number of halogens is 12. The van der Waals surface area contributed by atoms with E-state index < -0.39 is 31.5 Å². The molecular weight excluding hydrogens is 1120 g/mol. The summed E-state index contributed by atoms with van der Waals surface area (Å²) in [5, 5.41) is 20.7. The molecule has 1 saturated heterocycles. The van der Waals surface area contributed by atoms with E-state index in [9.17, 15) is 50.4 Å². The minimum atomic E-state index is -10.7. The topological polar surface area (TPSA) is 54.1 Å². The van der Waals surface area contributed by atoms with Gasteiger partial charge >= 0.3 is 103 Å². The Labute approximate surface area is 406 Å². The van der Waals surface area contributed by atoms with Crippen LogP contribution in [0.2, 0.25) is 0 Å².